The first-order valence-corrected chi connectivity index (χ1v) is 10.2. The number of anilines is 1. The van der Waals surface area contributed by atoms with Crippen LogP contribution in [-0.2, 0) is 17.8 Å². The van der Waals surface area contributed by atoms with Gasteiger partial charge in [-0.25, -0.2) is 0 Å². The molecule has 3 heterocycles. The fourth-order valence-electron chi connectivity index (χ4n) is 4.21. The van der Waals surface area contributed by atoms with Crippen LogP contribution in [0.15, 0.2) is 42.7 Å². The normalized spacial score (nSPS) is 16.8. The molecule has 2 aromatic rings. The fraction of sp³-hybridized carbons (Fsp3) is 0.409. The van der Waals surface area contributed by atoms with Crippen molar-refractivity contribution in [2.75, 3.05) is 31.1 Å². The maximum absolute atomic E-state index is 12.1. The van der Waals surface area contributed by atoms with Crippen molar-refractivity contribution in [3.63, 3.8) is 0 Å². The van der Waals surface area contributed by atoms with Crippen molar-refractivity contribution in [2.24, 2.45) is 11.1 Å². The van der Waals surface area contributed by atoms with Gasteiger partial charge in [0.1, 0.15) is 17.8 Å². The van der Waals surface area contributed by atoms with Gasteiger partial charge in [-0.05, 0) is 54.7 Å². The lowest BCUT2D eigenvalue weighted by Crippen LogP contribution is -2.47. The first-order valence-electron chi connectivity index (χ1n) is 10.2. The van der Waals surface area contributed by atoms with E-state index in [4.69, 9.17) is 15.9 Å². The van der Waals surface area contributed by atoms with Crippen LogP contribution in [0.1, 0.15) is 24.0 Å². The summed E-state index contributed by atoms with van der Waals surface area (Å²) in [6.07, 6.45) is 5.36. The van der Waals surface area contributed by atoms with Crippen molar-refractivity contribution >= 4 is 42.4 Å². The number of carbonyl (C=O) groups is 1. The molecule has 0 atom stereocenters. The van der Waals surface area contributed by atoms with Crippen LogP contribution in [0.4, 0.5) is 5.69 Å². The SMILES string of the molecule is Cl.Cl.N=C(N)N1CCc2cc(OCC3(C(=O)O)CCN(c4ccncc4)CC3)ccc2C1. The Morgan fingerprint density at radius 1 is 1.12 bits per heavy atom. The molecule has 4 N–H and O–H groups in total. The average molecular weight is 482 g/mol. The number of ether oxygens (including phenoxy) is 1. The fourth-order valence-corrected chi connectivity index (χ4v) is 4.21. The van der Waals surface area contributed by atoms with Crippen LogP contribution in [0.3, 0.4) is 0 Å². The summed E-state index contributed by atoms with van der Waals surface area (Å²) in [5, 5.41) is 17.6. The molecule has 1 aromatic heterocycles. The predicted molar refractivity (Wildman–Crippen MR) is 128 cm³/mol. The number of hydrogen-bond acceptors (Lipinski definition) is 5. The van der Waals surface area contributed by atoms with Gasteiger partial charge in [0.15, 0.2) is 5.96 Å². The summed E-state index contributed by atoms with van der Waals surface area (Å²) >= 11 is 0. The molecular weight excluding hydrogens is 453 g/mol. The number of halogens is 2. The summed E-state index contributed by atoms with van der Waals surface area (Å²) in [4.78, 5) is 20.2. The molecule has 1 fully saturated rings. The van der Waals surface area contributed by atoms with Crippen LogP contribution in [0.2, 0.25) is 0 Å². The number of carboxylic acids is 1. The molecule has 1 aromatic carbocycles. The van der Waals surface area contributed by atoms with E-state index < -0.39 is 11.4 Å². The molecule has 1 saturated heterocycles. The van der Waals surface area contributed by atoms with Gasteiger partial charge >= 0.3 is 5.97 Å². The van der Waals surface area contributed by atoms with Crippen molar-refractivity contribution in [1.29, 1.82) is 5.41 Å². The summed E-state index contributed by atoms with van der Waals surface area (Å²) in [6.45, 7) is 2.82. The Labute approximate surface area is 200 Å². The van der Waals surface area contributed by atoms with Crippen LogP contribution < -0.4 is 15.4 Å². The van der Waals surface area contributed by atoms with E-state index in [0.29, 0.717) is 44.8 Å². The van der Waals surface area contributed by atoms with Crippen molar-refractivity contribution in [1.82, 2.24) is 9.88 Å². The molecule has 0 radical (unpaired) electrons. The molecule has 32 heavy (non-hydrogen) atoms. The first kappa shape index (κ1) is 25.5. The van der Waals surface area contributed by atoms with Gasteiger partial charge in [-0.3, -0.25) is 15.2 Å². The zero-order valence-electron chi connectivity index (χ0n) is 17.7. The van der Waals surface area contributed by atoms with Crippen LogP contribution in [0, 0.1) is 10.8 Å². The number of pyridine rings is 1. The molecule has 0 saturated carbocycles. The highest BCUT2D eigenvalue weighted by Gasteiger charge is 2.42. The zero-order chi connectivity index (χ0) is 21.1. The highest BCUT2D eigenvalue weighted by molar-refractivity contribution is 5.85. The van der Waals surface area contributed by atoms with Gasteiger partial charge < -0.3 is 25.4 Å². The second kappa shape index (κ2) is 10.7. The Morgan fingerprint density at radius 3 is 2.44 bits per heavy atom. The minimum Gasteiger partial charge on any atom is -0.492 e. The number of piperidine rings is 1. The number of nitrogens with zero attached hydrogens (tertiary/aromatic N) is 3. The summed E-state index contributed by atoms with van der Waals surface area (Å²) in [7, 11) is 0. The Balaban J connectivity index is 0.00000181. The van der Waals surface area contributed by atoms with E-state index in [9.17, 15) is 9.90 Å². The molecule has 0 bridgehead atoms. The largest absolute Gasteiger partial charge is 0.492 e. The molecule has 10 heteroatoms. The number of aliphatic carboxylic acids is 1. The number of nitrogens with two attached hydrogens (primary N) is 1. The molecule has 0 spiro atoms. The van der Waals surface area contributed by atoms with Crippen LogP contribution >= 0.6 is 24.8 Å². The number of guanidine groups is 1. The van der Waals surface area contributed by atoms with E-state index in [0.717, 1.165) is 17.7 Å². The lowest BCUT2D eigenvalue weighted by molar-refractivity contribution is -0.152. The number of benzene rings is 1. The number of aromatic nitrogens is 1. The molecule has 0 aliphatic carbocycles. The Kier molecular flexibility index (Phi) is 8.58. The summed E-state index contributed by atoms with van der Waals surface area (Å²) in [5.74, 6) is -0.0170. The second-order valence-corrected chi connectivity index (χ2v) is 8.05. The third-order valence-corrected chi connectivity index (χ3v) is 6.25. The van der Waals surface area contributed by atoms with Crippen molar-refractivity contribution in [2.45, 2.75) is 25.8 Å². The van der Waals surface area contributed by atoms with E-state index in [1.807, 2.05) is 35.2 Å². The zero-order valence-corrected chi connectivity index (χ0v) is 19.3. The van der Waals surface area contributed by atoms with Gasteiger partial charge in [0.05, 0.1) is 0 Å². The summed E-state index contributed by atoms with van der Waals surface area (Å²) in [5.41, 5.74) is 8.08. The molecule has 0 unspecified atom stereocenters. The third kappa shape index (κ3) is 5.37. The Bertz CT molecular complexity index is 936. The summed E-state index contributed by atoms with van der Waals surface area (Å²) in [6, 6.07) is 9.76. The highest BCUT2D eigenvalue weighted by atomic mass is 35.5. The smallest absolute Gasteiger partial charge is 0.313 e. The maximum Gasteiger partial charge on any atom is 0.313 e. The molecule has 174 valence electrons. The van der Waals surface area contributed by atoms with E-state index in [2.05, 4.69) is 9.88 Å². The van der Waals surface area contributed by atoms with Crippen LogP contribution in [-0.4, -0.2) is 53.2 Å². The highest BCUT2D eigenvalue weighted by Crippen LogP contribution is 2.35. The van der Waals surface area contributed by atoms with Gasteiger partial charge in [-0.1, -0.05) is 6.07 Å². The monoisotopic (exact) mass is 481 g/mol. The minimum atomic E-state index is -0.884. The number of fused-ring (bicyclic) bond motifs is 1. The van der Waals surface area contributed by atoms with Gasteiger partial charge in [-0.15, -0.1) is 24.8 Å². The van der Waals surface area contributed by atoms with Crippen LogP contribution in [0.5, 0.6) is 5.75 Å². The van der Waals surface area contributed by atoms with Crippen molar-refractivity contribution < 1.29 is 14.6 Å². The molecule has 2 aliphatic rings. The van der Waals surface area contributed by atoms with E-state index in [-0.39, 0.29) is 37.4 Å². The van der Waals surface area contributed by atoms with E-state index in [1.165, 1.54) is 5.56 Å². The maximum atomic E-state index is 12.1. The molecule has 8 nitrogen and oxygen atoms in total. The predicted octanol–water partition coefficient (Wildman–Crippen LogP) is 2.93. The molecule has 0 amide bonds. The minimum absolute atomic E-state index is 0. The number of carboxylic acid groups (broad SMARTS) is 1. The second-order valence-electron chi connectivity index (χ2n) is 8.05. The molecular formula is C22H29Cl2N5O3. The van der Waals surface area contributed by atoms with Gasteiger partial charge in [0, 0.05) is 44.3 Å². The van der Waals surface area contributed by atoms with E-state index in [1.54, 1.807) is 12.4 Å². The molecule has 4 rings (SSSR count). The Morgan fingerprint density at radius 2 is 1.81 bits per heavy atom. The summed E-state index contributed by atoms with van der Waals surface area (Å²) < 4.78 is 6.00. The number of nitrogens with one attached hydrogen (secondary N) is 1. The lowest BCUT2D eigenvalue weighted by Gasteiger charge is -2.39. The first-order chi connectivity index (χ1) is 14.5. The van der Waals surface area contributed by atoms with Gasteiger partial charge in [0.25, 0.3) is 0 Å². The third-order valence-electron chi connectivity index (χ3n) is 6.25. The van der Waals surface area contributed by atoms with Gasteiger partial charge in [-0.2, -0.15) is 0 Å². The van der Waals surface area contributed by atoms with Gasteiger partial charge in [0.2, 0.25) is 0 Å². The van der Waals surface area contributed by atoms with Crippen molar-refractivity contribution in [3.05, 3.63) is 53.9 Å². The standard InChI is InChI=1S/C22H27N5O3.2ClH/c23-21(24)27-10-5-16-13-19(2-1-17(16)14-27)30-15-22(20(28)29)6-11-26(12-7-22)18-3-8-25-9-4-18;;/h1-4,8-9,13H,5-7,10-12,14-15H2,(H3,23,24)(H,28,29);2*1H. The Hall–Kier alpha value is -2.71. The topological polar surface area (TPSA) is 116 Å². The molecule has 2 aliphatic heterocycles. The number of rotatable bonds is 5. The van der Waals surface area contributed by atoms with Crippen molar-refractivity contribution in [3.8, 4) is 5.75 Å². The average Bonchev–Trinajstić information content (AvgIpc) is 2.78. The van der Waals surface area contributed by atoms with Crippen LogP contribution in [0.25, 0.3) is 0 Å². The quantitative estimate of drug-likeness (QED) is 0.443. The lowest BCUT2D eigenvalue weighted by atomic mass is 9.79. The number of hydrogen-bond donors (Lipinski definition) is 3. The van der Waals surface area contributed by atoms with E-state index >= 15 is 0 Å².